The third-order valence-corrected chi connectivity index (χ3v) is 5.10. The number of cyclic esters (lactones) is 1. The van der Waals surface area contributed by atoms with Crippen molar-refractivity contribution >= 4 is 11.8 Å². The highest BCUT2D eigenvalue weighted by atomic mass is 16.6. The second-order valence-corrected chi connectivity index (χ2v) is 7.49. The van der Waals surface area contributed by atoms with E-state index in [-0.39, 0.29) is 23.8 Å². The number of ether oxygens (including phenoxy) is 1. The van der Waals surface area contributed by atoms with E-state index >= 15 is 0 Å². The summed E-state index contributed by atoms with van der Waals surface area (Å²) in [7, 11) is 0. The van der Waals surface area contributed by atoms with Crippen LogP contribution in [0.25, 0.3) is 0 Å². The molecule has 0 amide bonds. The number of hydrogen-bond acceptors (Lipinski definition) is 4. The van der Waals surface area contributed by atoms with Crippen molar-refractivity contribution in [1.82, 2.24) is 0 Å². The molecule has 0 aromatic rings. The molecule has 23 heavy (non-hydrogen) atoms. The lowest BCUT2D eigenvalue weighted by Gasteiger charge is -2.24. The Morgan fingerprint density at radius 3 is 2.30 bits per heavy atom. The number of aliphatic hydroxyl groups is 1. The summed E-state index contributed by atoms with van der Waals surface area (Å²) in [5.74, 6) is 0.641. The molecule has 4 atom stereocenters. The molecule has 134 valence electrons. The summed E-state index contributed by atoms with van der Waals surface area (Å²) in [4.78, 5) is 22.7. The molecule has 0 aromatic heterocycles. The van der Waals surface area contributed by atoms with E-state index in [2.05, 4.69) is 13.8 Å². The lowest BCUT2D eigenvalue weighted by molar-refractivity contribution is -0.144. The van der Waals surface area contributed by atoms with E-state index in [4.69, 9.17) is 4.74 Å². The van der Waals surface area contributed by atoms with Crippen molar-refractivity contribution in [3.8, 4) is 0 Å². The van der Waals surface area contributed by atoms with Gasteiger partial charge in [0, 0.05) is 6.42 Å². The predicted molar refractivity (Wildman–Crippen MR) is 91.0 cm³/mol. The maximum atomic E-state index is 11.8. The molecule has 4 nitrogen and oxygen atoms in total. The summed E-state index contributed by atoms with van der Waals surface area (Å²) in [6.07, 6.45) is 7.11. The van der Waals surface area contributed by atoms with Crippen LogP contribution in [-0.4, -0.2) is 29.1 Å². The Bertz CT molecular complexity index is 378. The number of hydrogen-bond donors (Lipinski definition) is 1. The van der Waals surface area contributed by atoms with Gasteiger partial charge in [-0.15, -0.1) is 0 Å². The minimum Gasteiger partial charge on any atom is -0.460 e. The minimum absolute atomic E-state index is 0.236. The molecule has 1 fully saturated rings. The van der Waals surface area contributed by atoms with Crippen LogP contribution in [0.4, 0.5) is 0 Å². The zero-order valence-electron chi connectivity index (χ0n) is 15.2. The first-order valence-electron chi connectivity index (χ1n) is 9.21. The highest BCUT2D eigenvalue weighted by Crippen LogP contribution is 2.33. The Morgan fingerprint density at radius 2 is 1.78 bits per heavy atom. The van der Waals surface area contributed by atoms with E-state index in [0.717, 1.165) is 32.1 Å². The van der Waals surface area contributed by atoms with Crippen molar-refractivity contribution in [2.24, 2.45) is 17.8 Å². The predicted octanol–water partition coefficient (Wildman–Crippen LogP) is 3.89. The summed E-state index contributed by atoms with van der Waals surface area (Å²) < 4.78 is 5.14. The highest BCUT2D eigenvalue weighted by molar-refractivity contribution is 5.75. The maximum absolute atomic E-state index is 11.8. The molecule has 0 saturated carbocycles. The van der Waals surface area contributed by atoms with Crippen molar-refractivity contribution in [1.29, 1.82) is 0 Å². The molecular weight excluding hydrogens is 292 g/mol. The topological polar surface area (TPSA) is 63.6 Å². The van der Waals surface area contributed by atoms with E-state index in [0.29, 0.717) is 18.3 Å². The number of ketones is 1. The third-order valence-electron chi connectivity index (χ3n) is 5.10. The van der Waals surface area contributed by atoms with Crippen molar-refractivity contribution in [3.63, 3.8) is 0 Å². The van der Waals surface area contributed by atoms with Crippen LogP contribution >= 0.6 is 0 Å². The molecule has 0 radical (unpaired) electrons. The van der Waals surface area contributed by atoms with Gasteiger partial charge in [-0.2, -0.15) is 0 Å². The molecule has 1 aliphatic heterocycles. The molecule has 1 rings (SSSR count). The largest absolute Gasteiger partial charge is 0.460 e. The number of aliphatic hydroxyl groups excluding tert-OH is 1. The van der Waals surface area contributed by atoms with Gasteiger partial charge in [-0.1, -0.05) is 46.0 Å². The second kappa shape index (κ2) is 10.1. The first-order valence-corrected chi connectivity index (χ1v) is 9.21. The average molecular weight is 326 g/mol. The number of rotatable bonds is 11. The standard InChI is InChI=1S/C19H34O4/c1-13(2)16(11-9-7-5-6-8-10-14(3)20)12-17-18(21)15(4)23-19(17)22/h13,15-18,21H,5-12H2,1-4H3/t15-,16+,17+,18+/m0/s1. The molecule has 0 aromatic carbocycles. The minimum atomic E-state index is -0.657. The maximum Gasteiger partial charge on any atom is 0.312 e. The Labute approximate surface area is 141 Å². The summed E-state index contributed by atoms with van der Waals surface area (Å²) in [6, 6.07) is 0. The molecule has 1 saturated heterocycles. The van der Waals surface area contributed by atoms with Crippen LogP contribution in [0.15, 0.2) is 0 Å². The Kier molecular flexibility index (Phi) is 8.82. The smallest absolute Gasteiger partial charge is 0.312 e. The van der Waals surface area contributed by atoms with Gasteiger partial charge in [-0.25, -0.2) is 0 Å². The average Bonchev–Trinajstić information content (AvgIpc) is 2.70. The number of esters is 1. The van der Waals surface area contributed by atoms with Crippen LogP contribution < -0.4 is 0 Å². The monoisotopic (exact) mass is 326 g/mol. The van der Waals surface area contributed by atoms with E-state index in [1.165, 1.54) is 12.8 Å². The molecular formula is C19H34O4. The molecule has 4 heteroatoms. The van der Waals surface area contributed by atoms with Gasteiger partial charge >= 0.3 is 5.97 Å². The van der Waals surface area contributed by atoms with E-state index in [9.17, 15) is 14.7 Å². The third kappa shape index (κ3) is 7.03. The fourth-order valence-electron chi connectivity index (χ4n) is 3.40. The lowest BCUT2D eigenvalue weighted by atomic mass is 9.81. The Hall–Kier alpha value is -0.900. The summed E-state index contributed by atoms with van der Waals surface area (Å²) >= 11 is 0. The van der Waals surface area contributed by atoms with Crippen LogP contribution in [0.5, 0.6) is 0 Å². The van der Waals surface area contributed by atoms with Crippen LogP contribution in [0, 0.1) is 17.8 Å². The van der Waals surface area contributed by atoms with Gasteiger partial charge in [0.2, 0.25) is 0 Å². The van der Waals surface area contributed by atoms with E-state index < -0.39 is 6.10 Å². The van der Waals surface area contributed by atoms with Crippen LogP contribution in [0.2, 0.25) is 0 Å². The molecule has 0 unspecified atom stereocenters. The lowest BCUT2D eigenvalue weighted by Crippen LogP contribution is -2.28. The number of carbonyl (C=O) groups is 2. The molecule has 0 spiro atoms. The summed E-state index contributed by atoms with van der Waals surface area (Å²) in [6.45, 7) is 7.78. The zero-order chi connectivity index (χ0) is 17.4. The van der Waals surface area contributed by atoms with E-state index in [1.54, 1.807) is 13.8 Å². The number of carbonyl (C=O) groups excluding carboxylic acids is 2. The highest BCUT2D eigenvalue weighted by Gasteiger charge is 2.42. The van der Waals surface area contributed by atoms with Gasteiger partial charge in [0.05, 0.1) is 5.92 Å². The molecule has 0 bridgehead atoms. The van der Waals surface area contributed by atoms with Gasteiger partial charge in [0.15, 0.2) is 0 Å². The molecule has 1 heterocycles. The number of Topliss-reactive ketones (excluding diaryl/α,β-unsaturated/α-hetero) is 1. The van der Waals surface area contributed by atoms with Gasteiger partial charge in [-0.05, 0) is 38.5 Å². The van der Waals surface area contributed by atoms with Crippen molar-refractivity contribution < 1.29 is 19.4 Å². The molecule has 1 aliphatic rings. The number of unbranched alkanes of at least 4 members (excludes halogenated alkanes) is 4. The van der Waals surface area contributed by atoms with Gasteiger partial charge < -0.3 is 14.6 Å². The zero-order valence-corrected chi connectivity index (χ0v) is 15.2. The molecule has 0 aliphatic carbocycles. The van der Waals surface area contributed by atoms with Crippen LogP contribution in [-0.2, 0) is 14.3 Å². The fraction of sp³-hybridized carbons (Fsp3) is 0.895. The van der Waals surface area contributed by atoms with Gasteiger partial charge in [0.1, 0.15) is 18.0 Å². The first-order chi connectivity index (χ1) is 10.8. The van der Waals surface area contributed by atoms with Gasteiger partial charge in [-0.3, -0.25) is 4.79 Å². The van der Waals surface area contributed by atoms with Crippen molar-refractivity contribution in [3.05, 3.63) is 0 Å². The van der Waals surface area contributed by atoms with Crippen molar-refractivity contribution in [2.75, 3.05) is 0 Å². The van der Waals surface area contributed by atoms with Crippen LogP contribution in [0.1, 0.15) is 79.1 Å². The normalized spacial score (nSPS) is 25.7. The van der Waals surface area contributed by atoms with Crippen molar-refractivity contribution in [2.45, 2.75) is 91.3 Å². The molecule has 1 N–H and O–H groups in total. The first kappa shape index (κ1) is 20.1. The SMILES string of the molecule is CC(=O)CCCCCCC[C@H](C[C@H]1C(=O)O[C@@H](C)[C@H]1O)C(C)C. The van der Waals surface area contributed by atoms with E-state index in [1.807, 2.05) is 0 Å². The summed E-state index contributed by atoms with van der Waals surface area (Å²) in [5, 5.41) is 10.1. The van der Waals surface area contributed by atoms with Crippen LogP contribution in [0.3, 0.4) is 0 Å². The summed E-state index contributed by atoms with van der Waals surface area (Å²) in [5.41, 5.74) is 0. The Morgan fingerprint density at radius 1 is 1.17 bits per heavy atom. The Balaban J connectivity index is 2.27. The quantitative estimate of drug-likeness (QED) is 0.462. The van der Waals surface area contributed by atoms with Gasteiger partial charge in [0.25, 0.3) is 0 Å². The fourth-order valence-corrected chi connectivity index (χ4v) is 3.40. The second-order valence-electron chi connectivity index (χ2n) is 7.49.